The van der Waals surface area contributed by atoms with Crippen LogP contribution in [0.15, 0.2) is 0 Å². The third kappa shape index (κ3) is 8.73. The molecule has 0 spiro atoms. The van der Waals surface area contributed by atoms with Crippen molar-refractivity contribution in [2.24, 2.45) is 0 Å². The van der Waals surface area contributed by atoms with Crippen molar-refractivity contribution in [3.05, 3.63) is 0 Å². The second-order valence-corrected chi connectivity index (χ2v) is 7.57. The quantitative estimate of drug-likeness (QED) is 0.465. The summed E-state index contributed by atoms with van der Waals surface area (Å²) in [5.74, 6) is -1.10. The Morgan fingerprint density at radius 1 is 1.12 bits per heavy atom. The Morgan fingerprint density at radius 3 is 2.04 bits per heavy atom. The Hall–Kier alpha value is -1.02. The molecule has 10 heteroatoms. The van der Waals surface area contributed by atoms with Crippen LogP contribution in [0.5, 0.6) is 0 Å². The first-order valence-corrected chi connectivity index (χ1v) is 8.89. The maximum atomic E-state index is 13.8. The van der Waals surface area contributed by atoms with Gasteiger partial charge in [0.1, 0.15) is 5.60 Å². The molecular formula is C14H27FNO7P. The zero-order valence-corrected chi connectivity index (χ0v) is 15.9. The van der Waals surface area contributed by atoms with Gasteiger partial charge in [0.15, 0.2) is 0 Å². The van der Waals surface area contributed by atoms with Gasteiger partial charge in [-0.15, -0.1) is 0 Å². The van der Waals surface area contributed by atoms with Crippen LogP contribution in [0.2, 0.25) is 0 Å². The fraction of sp³-hybridized carbons (Fsp3) is 0.857. The summed E-state index contributed by atoms with van der Waals surface area (Å²) in [6.45, 7) is 9.24. The van der Waals surface area contributed by atoms with Gasteiger partial charge < -0.3 is 19.5 Å². The summed E-state index contributed by atoms with van der Waals surface area (Å²) in [7, 11) is -3.20. The highest BCUT2D eigenvalue weighted by Gasteiger charge is 2.37. The third-order valence-corrected chi connectivity index (χ3v) is 3.93. The van der Waals surface area contributed by atoms with E-state index in [1.807, 2.05) is 0 Å². The van der Waals surface area contributed by atoms with Crippen LogP contribution >= 0.6 is 8.03 Å². The van der Waals surface area contributed by atoms with Crippen molar-refractivity contribution in [3.63, 3.8) is 0 Å². The molecule has 0 aliphatic carbocycles. The van der Waals surface area contributed by atoms with Gasteiger partial charge in [-0.25, -0.2) is 9.18 Å². The van der Waals surface area contributed by atoms with Gasteiger partial charge in [-0.3, -0.25) is 13.9 Å². The molecule has 0 saturated carbocycles. The molecule has 0 aromatic heterocycles. The summed E-state index contributed by atoms with van der Waals surface area (Å²) in [4.78, 5) is 23.0. The monoisotopic (exact) mass is 371 g/mol. The van der Waals surface area contributed by atoms with Crippen LogP contribution in [0, 0.1) is 0 Å². The first-order chi connectivity index (χ1) is 10.9. The summed E-state index contributed by atoms with van der Waals surface area (Å²) >= 11 is 0. The predicted octanol–water partition coefficient (Wildman–Crippen LogP) is 2.61. The smallest absolute Gasteiger partial charge is 0.408 e. The number of carbonyl (C=O) groups is 2. The minimum atomic E-state index is -3.20. The Balaban J connectivity index is 4.53. The van der Waals surface area contributed by atoms with E-state index in [2.05, 4.69) is 9.84 Å². The van der Waals surface area contributed by atoms with Gasteiger partial charge in [-0.05, 0) is 41.5 Å². The Morgan fingerprint density at radius 2 is 1.62 bits per heavy atom. The van der Waals surface area contributed by atoms with Crippen LogP contribution in [-0.2, 0) is 28.1 Å². The van der Waals surface area contributed by atoms with Crippen molar-refractivity contribution in [2.75, 3.05) is 19.8 Å². The molecule has 0 fully saturated rings. The number of ketones is 1. The lowest BCUT2D eigenvalue weighted by Gasteiger charge is -2.28. The standard InChI is InChI=1S/C14H27FNO7P/c1-7-20-14(6,21-8-2)24(19)23-11(15)10(17)9-16-12(18)22-13(3,4)5/h11,24H,7-9H2,1-6H3,(H,16,18). The van der Waals surface area contributed by atoms with E-state index >= 15 is 0 Å². The van der Waals surface area contributed by atoms with Gasteiger partial charge in [-0.1, -0.05) is 0 Å². The minimum absolute atomic E-state index is 0.168. The van der Waals surface area contributed by atoms with Crippen LogP contribution in [0.1, 0.15) is 41.5 Å². The minimum Gasteiger partial charge on any atom is -0.444 e. The van der Waals surface area contributed by atoms with E-state index in [1.165, 1.54) is 6.92 Å². The lowest BCUT2D eigenvalue weighted by atomic mass is 10.2. The molecule has 0 aliphatic rings. The first-order valence-electron chi connectivity index (χ1n) is 7.57. The van der Waals surface area contributed by atoms with Crippen molar-refractivity contribution in [1.29, 1.82) is 0 Å². The highest BCUT2D eigenvalue weighted by Crippen LogP contribution is 2.43. The summed E-state index contributed by atoms with van der Waals surface area (Å²) < 4.78 is 45.8. The van der Waals surface area contributed by atoms with Crippen molar-refractivity contribution in [2.45, 2.75) is 59.0 Å². The van der Waals surface area contributed by atoms with Crippen molar-refractivity contribution in [1.82, 2.24) is 5.32 Å². The van der Waals surface area contributed by atoms with Crippen molar-refractivity contribution in [3.8, 4) is 0 Å². The molecule has 0 saturated heterocycles. The average Bonchev–Trinajstić information content (AvgIpc) is 2.43. The predicted molar refractivity (Wildman–Crippen MR) is 85.9 cm³/mol. The van der Waals surface area contributed by atoms with Gasteiger partial charge in [0, 0.05) is 13.2 Å². The normalized spacial score (nSPS) is 14.8. The SMILES string of the molecule is CCOC(C)(OCC)[PH](=O)OC(F)C(=O)CNC(=O)OC(C)(C)C. The molecule has 1 amide bonds. The van der Waals surface area contributed by atoms with E-state index in [1.54, 1.807) is 34.6 Å². The molecule has 0 rings (SSSR count). The van der Waals surface area contributed by atoms with Gasteiger partial charge in [-0.2, -0.15) is 0 Å². The summed E-state index contributed by atoms with van der Waals surface area (Å²) in [5, 5.41) is 2.10. The molecular weight excluding hydrogens is 344 g/mol. The molecule has 0 aromatic carbocycles. The molecule has 2 atom stereocenters. The zero-order valence-electron chi connectivity index (χ0n) is 14.9. The second-order valence-electron chi connectivity index (χ2n) is 5.85. The number of alkyl carbamates (subject to hydrolysis) is 1. The third-order valence-electron chi connectivity index (χ3n) is 2.48. The van der Waals surface area contributed by atoms with E-state index in [0.29, 0.717) is 0 Å². The number of Topliss-reactive ketones (excluding diaryl/α,β-unsaturated/α-hetero) is 1. The van der Waals surface area contributed by atoms with E-state index < -0.39 is 43.9 Å². The van der Waals surface area contributed by atoms with Crippen LogP contribution in [0.25, 0.3) is 0 Å². The zero-order chi connectivity index (χ0) is 19.0. The fourth-order valence-electron chi connectivity index (χ4n) is 1.53. The van der Waals surface area contributed by atoms with E-state index in [9.17, 15) is 18.5 Å². The first kappa shape index (κ1) is 23.0. The van der Waals surface area contributed by atoms with Gasteiger partial charge in [0.2, 0.25) is 11.3 Å². The number of alkyl halides is 1. The number of hydrogen-bond acceptors (Lipinski definition) is 7. The molecule has 0 aliphatic heterocycles. The highest BCUT2D eigenvalue weighted by molar-refractivity contribution is 7.40. The number of carbonyl (C=O) groups excluding carboxylic acids is 2. The summed E-state index contributed by atoms with van der Waals surface area (Å²) in [5.41, 5.74) is -2.38. The molecule has 24 heavy (non-hydrogen) atoms. The fourth-order valence-corrected chi connectivity index (χ4v) is 2.59. The topological polar surface area (TPSA) is 100 Å². The maximum absolute atomic E-state index is 13.8. The Kier molecular flexibility index (Phi) is 9.65. The van der Waals surface area contributed by atoms with Crippen LogP contribution < -0.4 is 5.32 Å². The maximum Gasteiger partial charge on any atom is 0.408 e. The van der Waals surface area contributed by atoms with Gasteiger partial charge in [0.05, 0.1) is 6.54 Å². The lowest BCUT2D eigenvalue weighted by molar-refractivity contribution is -0.168. The number of amides is 1. The molecule has 2 unspecified atom stereocenters. The average molecular weight is 371 g/mol. The van der Waals surface area contributed by atoms with Gasteiger partial charge in [0.25, 0.3) is 14.4 Å². The molecule has 0 aromatic rings. The molecule has 0 heterocycles. The summed E-state index contributed by atoms with van der Waals surface area (Å²) in [6.07, 6.45) is -3.35. The lowest BCUT2D eigenvalue weighted by Crippen LogP contribution is -2.38. The molecule has 142 valence electrons. The van der Waals surface area contributed by atoms with E-state index in [0.717, 1.165) is 0 Å². The molecule has 8 nitrogen and oxygen atoms in total. The Bertz CT molecular complexity index is 447. The van der Waals surface area contributed by atoms with Crippen molar-refractivity contribution >= 4 is 19.9 Å². The van der Waals surface area contributed by atoms with Crippen LogP contribution in [0.3, 0.4) is 0 Å². The second kappa shape index (κ2) is 10.1. The van der Waals surface area contributed by atoms with Crippen LogP contribution in [-0.4, -0.2) is 49.1 Å². The number of nitrogens with one attached hydrogen (secondary N) is 1. The number of halogens is 1. The molecule has 0 radical (unpaired) electrons. The van der Waals surface area contributed by atoms with Crippen molar-refractivity contribution < 1.29 is 37.3 Å². The highest BCUT2D eigenvalue weighted by atomic mass is 31.1. The summed E-state index contributed by atoms with van der Waals surface area (Å²) in [6, 6.07) is 0. The molecule has 0 bridgehead atoms. The number of ether oxygens (including phenoxy) is 3. The van der Waals surface area contributed by atoms with E-state index in [4.69, 9.17) is 14.2 Å². The molecule has 1 N–H and O–H groups in total. The number of hydrogen-bond donors (Lipinski definition) is 1. The Labute approximate surface area is 142 Å². The van der Waals surface area contributed by atoms with Gasteiger partial charge >= 0.3 is 6.09 Å². The number of rotatable bonds is 10. The largest absolute Gasteiger partial charge is 0.444 e. The van der Waals surface area contributed by atoms with Crippen LogP contribution in [0.4, 0.5) is 9.18 Å². The van der Waals surface area contributed by atoms with E-state index in [-0.39, 0.29) is 13.2 Å².